The molecule has 0 spiro atoms. The molecule has 0 bridgehead atoms. The van der Waals surface area contributed by atoms with Gasteiger partial charge in [-0.3, -0.25) is 4.40 Å². The number of para-hydroxylation sites is 4. The maximum absolute atomic E-state index is 5.22. The summed E-state index contributed by atoms with van der Waals surface area (Å²) in [5.74, 6) is 0. The van der Waals surface area contributed by atoms with E-state index in [1.807, 2.05) is 11.3 Å². The molecule has 10 rings (SSSR count). The smallest absolute Gasteiger partial charge is 0.146 e. The van der Waals surface area contributed by atoms with Gasteiger partial charge in [-0.1, -0.05) is 66.7 Å². The Hall–Kier alpha value is -5.19. The van der Waals surface area contributed by atoms with Crippen LogP contribution in [0.4, 0.5) is 0 Å². The Morgan fingerprint density at radius 1 is 0.439 bits per heavy atom. The Morgan fingerprint density at radius 2 is 1.15 bits per heavy atom. The number of imidazole rings is 1. The molecule has 0 fully saturated rings. The Labute approximate surface area is 238 Å². The first-order valence-electron chi connectivity index (χ1n) is 13.9. The predicted molar refractivity (Wildman–Crippen MR) is 175 cm³/mol. The monoisotopic (exact) mass is 539 g/mol. The minimum atomic E-state index is 1.01. The number of aromatic nitrogens is 3. The zero-order chi connectivity index (χ0) is 26.7. The van der Waals surface area contributed by atoms with Crippen LogP contribution in [0, 0.1) is 0 Å². The van der Waals surface area contributed by atoms with Gasteiger partial charge in [0.1, 0.15) is 5.65 Å². The molecule has 3 nitrogen and oxygen atoms in total. The summed E-state index contributed by atoms with van der Waals surface area (Å²) in [6.07, 6.45) is 0. The molecule has 4 heteroatoms. The average molecular weight is 540 g/mol. The standard InChI is InChI=1S/C37H21N3S/c1-2-10-22(11-3-1)39-31-15-7-4-12-23(31)26-19-34-27(20-33(26)39)25-21-36-28(24-13-5-9-17-35(24)41-36)18-29(25)37-38-30-14-6-8-16-32(30)40(34)37/h1-21H. The van der Waals surface area contributed by atoms with Crippen molar-refractivity contribution >= 4 is 91.7 Å². The van der Waals surface area contributed by atoms with Crippen LogP contribution in [0.3, 0.4) is 0 Å². The summed E-state index contributed by atoms with van der Waals surface area (Å²) in [6.45, 7) is 0. The second kappa shape index (κ2) is 7.72. The van der Waals surface area contributed by atoms with Crippen LogP contribution >= 0.6 is 11.3 Å². The van der Waals surface area contributed by atoms with E-state index in [1.54, 1.807) is 0 Å². The fourth-order valence-electron chi connectivity index (χ4n) is 6.89. The van der Waals surface area contributed by atoms with E-state index in [4.69, 9.17) is 4.98 Å². The first kappa shape index (κ1) is 21.6. The summed E-state index contributed by atoms with van der Waals surface area (Å²) in [4.78, 5) is 5.22. The van der Waals surface area contributed by atoms with Crippen LogP contribution in [-0.2, 0) is 0 Å². The lowest BCUT2D eigenvalue weighted by molar-refractivity contribution is 1.18. The molecule has 6 aromatic carbocycles. The zero-order valence-corrected chi connectivity index (χ0v) is 22.7. The van der Waals surface area contributed by atoms with E-state index < -0.39 is 0 Å². The molecule has 190 valence electrons. The molecule has 0 atom stereocenters. The van der Waals surface area contributed by atoms with Gasteiger partial charge >= 0.3 is 0 Å². The highest BCUT2D eigenvalue weighted by molar-refractivity contribution is 7.25. The lowest BCUT2D eigenvalue weighted by Gasteiger charge is -2.12. The molecule has 0 N–H and O–H groups in total. The molecular formula is C37H21N3S. The molecule has 41 heavy (non-hydrogen) atoms. The largest absolute Gasteiger partial charge is 0.309 e. The van der Waals surface area contributed by atoms with Gasteiger partial charge in [-0.15, -0.1) is 11.3 Å². The summed E-state index contributed by atoms with van der Waals surface area (Å²) >= 11 is 1.87. The Kier molecular flexibility index (Phi) is 4.07. The third-order valence-electron chi connectivity index (χ3n) is 8.65. The van der Waals surface area contributed by atoms with Crippen molar-refractivity contribution in [3.05, 3.63) is 127 Å². The summed E-state index contributed by atoms with van der Waals surface area (Å²) in [6, 6.07) is 46.3. The molecule has 0 aliphatic heterocycles. The van der Waals surface area contributed by atoms with Crippen LogP contribution in [0.5, 0.6) is 0 Å². The minimum absolute atomic E-state index is 1.01. The van der Waals surface area contributed by atoms with Gasteiger partial charge in [-0.25, -0.2) is 4.98 Å². The van der Waals surface area contributed by atoms with E-state index in [2.05, 4.69) is 136 Å². The van der Waals surface area contributed by atoms with E-state index in [1.165, 1.54) is 69.3 Å². The van der Waals surface area contributed by atoms with Crippen molar-refractivity contribution in [1.29, 1.82) is 0 Å². The van der Waals surface area contributed by atoms with Gasteiger partial charge in [0, 0.05) is 47.4 Å². The summed E-state index contributed by atoms with van der Waals surface area (Å²) < 4.78 is 7.41. The molecule has 0 saturated heterocycles. The second-order valence-electron chi connectivity index (χ2n) is 10.8. The molecule has 4 aromatic heterocycles. The van der Waals surface area contributed by atoms with Crippen LogP contribution in [-0.4, -0.2) is 14.0 Å². The van der Waals surface area contributed by atoms with Crippen molar-refractivity contribution in [2.75, 3.05) is 0 Å². The van der Waals surface area contributed by atoms with Gasteiger partial charge in [0.25, 0.3) is 0 Å². The number of thiophene rings is 1. The number of nitrogens with zero attached hydrogens (tertiary/aromatic N) is 3. The zero-order valence-electron chi connectivity index (χ0n) is 21.9. The molecule has 0 aliphatic rings. The van der Waals surface area contributed by atoms with Crippen LogP contribution in [0.15, 0.2) is 127 Å². The summed E-state index contributed by atoms with van der Waals surface area (Å²) in [5.41, 5.74) is 7.95. The first-order valence-corrected chi connectivity index (χ1v) is 14.7. The Morgan fingerprint density at radius 3 is 2.05 bits per heavy atom. The highest BCUT2D eigenvalue weighted by Gasteiger charge is 2.19. The lowest BCUT2D eigenvalue weighted by atomic mass is 10.0. The van der Waals surface area contributed by atoms with Gasteiger partial charge in [-0.2, -0.15) is 0 Å². The van der Waals surface area contributed by atoms with Crippen LogP contribution in [0.25, 0.3) is 86.0 Å². The van der Waals surface area contributed by atoms with Crippen molar-refractivity contribution < 1.29 is 0 Å². The lowest BCUT2D eigenvalue weighted by Crippen LogP contribution is -1.95. The van der Waals surface area contributed by atoms with Gasteiger partial charge in [0.15, 0.2) is 0 Å². The van der Waals surface area contributed by atoms with Crippen molar-refractivity contribution in [2.24, 2.45) is 0 Å². The predicted octanol–water partition coefficient (Wildman–Crippen LogP) is 10.3. The van der Waals surface area contributed by atoms with Crippen molar-refractivity contribution in [3.63, 3.8) is 0 Å². The van der Waals surface area contributed by atoms with E-state index in [9.17, 15) is 0 Å². The van der Waals surface area contributed by atoms with Crippen molar-refractivity contribution in [3.8, 4) is 5.69 Å². The SMILES string of the molecule is c1ccc(-n2c3ccccc3c3cc4c(cc32)c2cc3sc5ccccc5c3cc2c2nc3ccccc3n42)cc1. The number of benzene rings is 6. The van der Waals surface area contributed by atoms with Crippen LogP contribution < -0.4 is 0 Å². The Bertz CT molecular complexity index is 2690. The van der Waals surface area contributed by atoms with E-state index in [0.717, 1.165) is 16.7 Å². The quantitative estimate of drug-likeness (QED) is 0.190. The molecule has 0 radical (unpaired) electrons. The van der Waals surface area contributed by atoms with E-state index in [0.29, 0.717) is 0 Å². The molecular weight excluding hydrogens is 518 g/mol. The Balaban J connectivity index is 1.49. The number of pyridine rings is 1. The summed E-state index contributed by atoms with van der Waals surface area (Å²) in [7, 11) is 0. The van der Waals surface area contributed by atoms with Crippen LogP contribution in [0.2, 0.25) is 0 Å². The molecule has 0 unspecified atom stereocenters. The van der Waals surface area contributed by atoms with Crippen molar-refractivity contribution in [2.45, 2.75) is 0 Å². The third-order valence-corrected chi connectivity index (χ3v) is 9.79. The second-order valence-corrected chi connectivity index (χ2v) is 11.9. The van der Waals surface area contributed by atoms with Crippen molar-refractivity contribution in [1.82, 2.24) is 14.0 Å². The number of rotatable bonds is 1. The third kappa shape index (κ3) is 2.79. The van der Waals surface area contributed by atoms with E-state index in [-0.39, 0.29) is 0 Å². The van der Waals surface area contributed by atoms with E-state index >= 15 is 0 Å². The summed E-state index contributed by atoms with van der Waals surface area (Å²) in [5, 5.41) is 8.78. The maximum Gasteiger partial charge on any atom is 0.146 e. The van der Waals surface area contributed by atoms with Gasteiger partial charge < -0.3 is 4.57 Å². The maximum atomic E-state index is 5.22. The molecule has 0 aliphatic carbocycles. The number of hydrogen-bond acceptors (Lipinski definition) is 2. The van der Waals surface area contributed by atoms with Crippen LogP contribution in [0.1, 0.15) is 0 Å². The minimum Gasteiger partial charge on any atom is -0.309 e. The number of fused-ring (bicyclic) bond motifs is 14. The average Bonchev–Trinajstić information content (AvgIpc) is 3.69. The topological polar surface area (TPSA) is 22.2 Å². The molecule has 4 heterocycles. The highest BCUT2D eigenvalue weighted by atomic mass is 32.1. The van der Waals surface area contributed by atoms with Gasteiger partial charge in [0.05, 0.1) is 27.6 Å². The first-order chi connectivity index (χ1) is 20.3. The fourth-order valence-corrected chi connectivity index (χ4v) is 8.02. The number of hydrogen-bond donors (Lipinski definition) is 0. The molecule has 0 amide bonds. The fraction of sp³-hybridized carbons (Fsp3) is 0. The highest BCUT2D eigenvalue weighted by Crippen LogP contribution is 2.42. The van der Waals surface area contributed by atoms with Gasteiger partial charge in [-0.05, 0) is 66.0 Å². The molecule has 10 aromatic rings. The molecule has 0 saturated carbocycles. The normalized spacial score (nSPS) is 12.4. The van der Waals surface area contributed by atoms with Gasteiger partial charge in [0.2, 0.25) is 0 Å².